The van der Waals surface area contributed by atoms with Gasteiger partial charge in [-0.25, -0.2) is 9.37 Å². The van der Waals surface area contributed by atoms with Crippen LogP contribution >= 0.6 is 0 Å². The maximum atomic E-state index is 13.7. The number of halogens is 1. The van der Waals surface area contributed by atoms with E-state index in [9.17, 15) is 4.39 Å². The Kier molecular flexibility index (Phi) is 3.91. The Morgan fingerprint density at radius 3 is 2.53 bits per heavy atom. The number of hydrogen-bond acceptors (Lipinski definition) is 5. The third-order valence-corrected chi connectivity index (χ3v) is 2.71. The zero-order chi connectivity index (χ0) is 13.8. The molecule has 1 aromatic carbocycles. The Hall–Kier alpha value is -2.21. The molecule has 0 radical (unpaired) electrons. The van der Waals surface area contributed by atoms with Gasteiger partial charge in [-0.1, -0.05) is 6.07 Å². The highest BCUT2D eigenvalue weighted by Crippen LogP contribution is 2.27. The third kappa shape index (κ3) is 2.63. The number of methoxy groups -OCH3 is 2. The van der Waals surface area contributed by atoms with Crippen molar-refractivity contribution in [1.29, 1.82) is 0 Å². The summed E-state index contributed by atoms with van der Waals surface area (Å²) < 4.78 is 23.6. The maximum absolute atomic E-state index is 13.7. The van der Waals surface area contributed by atoms with Crippen LogP contribution in [0.4, 0.5) is 4.39 Å². The monoisotopic (exact) mass is 263 g/mol. The number of nitrogens with two attached hydrogens (primary N) is 1. The van der Waals surface area contributed by atoms with E-state index in [1.165, 1.54) is 38.7 Å². The predicted molar refractivity (Wildman–Crippen MR) is 67.6 cm³/mol. The van der Waals surface area contributed by atoms with Gasteiger partial charge in [0, 0.05) is 12.4 Å². The van der Waals surface area contributed by atoms with E-state index in [2.05, 4.69) is 9.97 Å². The van der Waals surface area contributed by atoms with E-state index in [0.717, 1.165) is 0 Å². The lowest BCUT2D eigenvalue weighted by molar-refractivity contribution is 0.384. The highest BCUT2D eigenvalue weighted by atomic mass is 19.1. The first-order valence-electron chi connectivity index (χ1n) is 5.61. The summed E-state index contributed by atoms with van der Waals surface area (Å²) in [5.74, 6) is 0.0200. The lowest BCUT2D eigenvalue weighted by Gasteiger charge is -2.14. The van der Waals surface area contributed by atoms with Crippen molar-refractivity contribution in [2.75, 3.05) is 14.2 Å². The average Bonchev–Trinajstić information content (AvgIpc) is 2.46. The van der Waals surface area contributed by atoms with E-state index in [-0.39, 0.29) is 5.75 Å². The summed E-state index contributed by atoms with van der Waals surface area (Å²) in [6.07, 6.45) is 3.02. The molecule has 2 aromatic rings. The maximum Gasteiger partial charge on any atom is 0.237 e. The minimum absolute atomic E-state index is 0.169. The topological polar surface area (TPSA) is 70.3 Å². The summed E-state index contributed by atoms with van der Waals surface area (Å²) in [6.45, 7) is 0. The molecule has 0 bridgehead atoms. The molecule has 2 rings (SSSR count). The minimum Gasteiger partial charge on any atom is -0.494 e. The molecule has 0 aliphatic heterocycles. The van der Waals surface area contributed by atoms with Crippen molar-refractivity contribution < 1.29 is 13.9 Å². The summed E-state index contributed by atoms with van der Waals surface area (Å²) in [5, 5.41) is 0. The Morgan fingerprint density at radius 1 is 1.16 bits per heavy atom. The second-order valence-electron chi connectivity index (χ2n) is 3.82. The fourth-order valence-electron chi connectivity index (χ4n) is 1.74. The van der Waals surface area contributed by atoms with Crippen LogP contribution in [0.1, 0.15) is 17.3 Å². The Labute approximate surface area is 110 Å². The van der Waals surface area contributed by atoms with E-state index in [1.54, 1.807) is 6.07 Å². The number of aromatic nitrogens is 2. The number of benzene rings is 1. The van der Waals surface area contributed by atoms with Gasteiger partial charge in [0.25, 0.3) is 0 Å². The van der Waals surface area contributed by atoms with Crippen LogP contribution in [0.2, 0.25) is 0 Å². The fraction of sp³-hybridized carbons (Fsp3) is 0.231. The van der Waals surface area contributed by atoms with Crippen LogP contribution in [0.25, 0.3) is 0 Å². The molecule has 1 unspecified atom stereocenters. The van der Waals surface area contributed by atoms with E-state index >= 15 is 0 Å². The molecule has 0 aliphatic carbocycles. The molecule has 0 fully saturated rings. The first-order valence-corrected chi connectivity index (χ1v) is 5.61. The van der Waals surface area contributed by atoms with Crippen molar-refractivity contribution in [1.82, 2.24) is 9.97 Å². The van der Waals surface area contributed by atoms with Crippen molar-refractivity contribution in [3.8, 4) is 11.6 Å². The number of ether oxygens (including phenoxy) is 2. The number of nitrogens with zero attached hydrogens (tertiary/aromatic N) is 2. The van der Waals surface area contributed by atoms with Crippen molar-refractivity contribution in [2.45, 2.75) is 6.04 Å². The van der Waals surface area contributed by atoms with Gasteiger partial charge in [0.15, 0.2) is 11.6 Å². The zero-order valence-corrected chi connectivity index (χ0v) is 10.6. The standard InChI is InChI=1S/C13H14FN3O2/c1-18-10-4-3-8(7-9(10)14)11(15)12-13(19-2)17-6-5-16-12/h3-7,11H,15H2,1-2H3. The predicted octanol–water partition coefficient (Wildman–Crippen LogP) is 1.68. The number of hydrogen-bond donors (Lipinski definition) is 1. The highest BCUT2D eigenvalue weighted by Gasteiger charge is 2.18. The lowest BCUT2D eigenvalue weighted by atomic mass is 10.0. The molecule has 19 heavy (non-hydrogen) atoms. The first-order chi connectivity index (χ1) is 9.17. The summed E-state index contributed by atoms with van der Waals surface area (Å²) in [4.78, 5) is 8.15. The Bertz CT molecular complexity index is 578. The molecule has 100 valence electrons. The normalized spacial score (nSPS) is 12.0. The second-order valence-corrected chi connectivity index (χ2v) is 3.82. The Balaban J connectivity index is 2.38. The van der Waals surface area contributed by atoms with Crippen LogP contribution in [0.5, 0.6) is 11.6 Å². The van der Waals surface area contributed by atoms with Crippen LogP contribution in [0.3, 0.4) is 0 Å². The van der Waals surface area contributed by atoms with Crippen molar-refractivity contribution >= 4 is 0 Å². The molecule has 1 aromatic heterocycles. The van der Waals surface area contributed by atoms with Crippen molar-refractivity contribution in [3.05, 3.63) is 47.7 Å². The lowest BCUT2D eigenvalue weighted by Crippen LogP contribution is -2.15. The number of rotatable bonds is 4. The van der Waals surface area contributed by atoms with Gasteiger partial charge < -0.3 is 15.2 Å². The highest BCUT2D eigenvalue weighted by molar-refractivity contribution is 5.36. The van der Waals surface area contributed by atoms with E-state index in [4.69, 9.17) is 15.2 Å². The largest absolute Gasteiger partial charge is 0.494 e. The quantitative estimate of drug-likeness (QED) is 0.908. The molecule has 5 nitrogen and oxygen atoms in total. The second kappa shape index (κ2) is 5.62. The van der Waals surface area contributed by atoms with E-state index in [1.807, 2.05) is 0 Å². The van der Waals surface area contributed by atoms with Crippen LogP contribution < -0.4 is 15.2 Å². The summed E-state index contributed by atoms with van der Waals surface area (Å²) in [6, 6.07) is 3.90. The molecule has 0 spiro atoms. The Morgan fingerprint density at radius 2 is 1.89 bits per heavy atom. The molecule has 0 amide bonds. The summed E-state index contributed by atoms with van der Waals surface area (Å²) >= 11 is 0. The molecule has 1 heterocycles. The van der Waals surface area contributed by atoms with Crippen LogP contribution in [0.15, 0.2) is 30.6 Å². The molecule has 2 N–H and O–H groups in total. The molecule has 0 saturated carbocycles. The smallest absolute Gasteiger partial charge is 0.237 e. The van der Waals surface area contributed by atoms with Gasteiger partial charge in [-0.05, 0) is 17.7 Å². The van der Waals surface area contributed by atoms with Gasteiger partial charge in [-0.15, -0.1) is 0 Å². The molecule has 0 aliphatic rings. The van der Waals surface area contributed by atoms with Gasteiger partial charge >= 0.3 is 0 Å². The molecular formula is C13H14FN3O2. The van der Waals surface area contributed by atoms with Gasteiger partial charge in [0.2, 0.25) is 5.88 Å². The van der Waals surface area contributed by atoms with Gasteiger partial charge in [0.05, 0.1) is 20.3 Å². The third-order valence-electron chi connectivity index (χ3n) is 2.71. The first kappa shape index (κ1) is 13.2. The van der Waals surface area contributed by atoms with Crippen molar-refractivity contribution in [3.63, 3.8) is 0 Å². The van der Waals surface area contributed by atoms with E-state index in [0.29, 0.717) is 17.1 Å². The molecule has 0 saturated heterocycles. The average molecular weight is 263 g/mol. The fourth-order valence-corrected chi connectivity index (χ4v) is 1.74. The zero-order valence-electron chi connectivity index (χ0n) is 10.6. The van der Waals surface area contributed by atoms with Gasteiger partial charge in [-0.2, -0.15) is 0 Å². The SMILES string of the molecule is COc1ccc(C(N)c2nccnc2OC)cc1F. The summed E-state index contributed by atoms with van der Waals surface area (Å²) in [7, 11) is 2.89. The minimum atomic E-state index is -0.621. The van der Waals surface area contributed by atoms with Crippen LogP contribution in [0, 0.1) is 5.82 Å². The van der Waals surface area contributed by atoms with Crippen molar-refractivity contribution in [2.24, 2.45) is 5.73 Å². The van der Waals surface area contributed by atoms with E-state index < -0.39 is 11.9 Å². The molecule has 1 atom stereocenters. The van der Waals surface area contributed by atoms with Gasteiger partial charge in [-0.3, -0.25) is 4.98 Å². The van der Waals surface area contributed by atoms with Crippen LogP contribution in [-0.4, -0.2) is 24.2 Å². The molecular weight excluding hydrogens is 249 g/mol. The van der Waals surface area contributed by atoms with Gasteiger partial charge in [0.1, 0.15) is 5.69 Å². The summed E-state index contributed by atoms with van der Waals surface area (Å²) in [5.41, 5.74) is 7.08. The molecule has 6 heteroatoms. The van der Waals surface area contributed by atoms with Crippen LogP contribution in [-0.2, 0) is 0 Å².